The minimum absolute atomic E-state index is 0.112. The van der Waals surface area contributed by atoms with E-state index in [2.05, 4.69) is 0 Å². The lowest BCUT2D eigenvalue weighted by molar-refractivity contribution is 0.108. The second kappa shape index (κ2) is 7.64. The summed E-state index contributed by atoms with van der Waals surface area (Å²) in [6.07, 6.45) is 0.214. The van der Waals surface area contributed by atoms with Crippen molar-refractivity contribution in [2.75, 3.05) is 13.2 Å². The summed E-state index contributed by atoms with van der Waals surface area (Å²) < 4.78 is 23.7. The van der Waals surface area contributed by atoms with Gasteiger partial charge in [0.2, 0.25) is 0 Å². The van der Waals surface area contributed by atoms with Gasteiger partial charge in [0, 0.05) is 0 Å². The molecule has 2 aromatic rings. The Kier molecular flexibility index (Phi) is 5.58. The summed E-state index contributed by atoms with van der Waals surface area (Å²) in [4.78, 5) is 0. The Labute approximate surface area is 124 Å². The van der Waals surface area contributed by atoms with Gasteiger partial charge in [-0.25, -0.2) is 4.39 Å². The number of benzene rings is 2. The molecule has 0 bridgehead atoms. The zero-order valence-corrected chi connectivity index (χ0v) is 12.0. The Morgan fingerprint density at radius 2 is 1.52 bits per heavy atom. The third-order valence-corrected chi connectivity index (χ3v) is 2.96. The Bertz CT molecular complexity index is 537. The van der Waals surface area contributed by atoms with Crippen LogP contribution in [0.25, 0.3) is 0 Å². The van der Waals surface area contributed by atoms with E-state index >= 15 is 0 Å². The van der Waals surface area contributed by atoms with E-state index in [0.29, 0.717) is 12.4 Å². The van der Waals surface area contributed by atoms with Crippen molar-refractivity contribution < 1.29 is 19.0 Å². The number of rotatable bonds is 7. The first-order valence-corrected chi connectivity index (χ1v) is 6.98. The average Bonchev–Trinajstić information content (AvgIpc) is 2.52. The zero-order valence-electron chi connectivity index (χ0n) is 12.0. The molecule has 0 aliphatic carbocycles. The van der Waals surface area contributed by atoms with Crippen molar-refractivity contribution in [3.63, 3.8) is 0 Å². The van der Waals surface area contributed by atoms with Gasteiger partial charge in [-0.15, -0.1) is 0 Å². The van der Waals surface area contributed by atoms with Gasteiger partial charge in [-0.2, -0.15) is 0 Å². The van der Waals surface area contributed by atoms with Crippen LogP contribution in [0.2, 0.25) is 0 Å². The van der Waals surface area contributed by atoms with Crippen molar-refractivity contribution in [3.8, 4) is 11.5 Å². The molecule has 0 spiro atoms. The molecule has 0 heterocycles. The first-order valence-electron chi connectivity index (χ1n) is 6.98. The molecule has 1 unspecified atom stereocenters. The Hall–Kier alpha value is -2.07. The third-order valence-electron chi connectivity index (χ3n) is 2.96. The summed E-state index contributed by atoms with van der Waals surface area (Å²) in [7, 11) is 0. The van der Waals surface area contributed by atoms with Gasteiger partial charge in [-0.3, -0.25) is 0 Å². The maximum absolute atomic E-state index is 12.8. The van der Waals surface area contributed by atoms with Crippen molar-refractivity contribution in [2.45, 2.75) is 19.4 Å². The first kappa shape index (κ1) is 15.3. The van der Waals surface area contributed by atoms with Crippen LogP contribution in [-0.4, -0.2) is 18.3 Å². The Morgan fingerprint density at radius 1 is 0.952 bits per heavy atom. The molecule has 2 rings (SSSR count). The Balaban J connectivity index is 1.87. The number of halogens is 1. The predicted molar refractivity (Wildman–Crippen MR) is 79.1 cm³/mol. The standard InChI is InChI=1S/C17H19FO3/c1-2-11-20-15-7-3-13(4-8-15)17(19)12-21-16-9-5-14(18)6-10-16/h3-10,17,19H,2,11-12H2,1H3. The summed E-state index contributed by atoms with van der Waals surface area (Å²) in [6, 6.07) is 13.0. The van der Waals surface area contributed by atoms with Gasteiger partial charge >= 0.3 is 0 Å². The number of aliphatic hydroxyl groups excluding tert-OH is 1. The fourth-order valence-corrected chi connectivity index (χ4v) is 1.81. The molecule has 1 atom stereocenters. The minimum Gasteiger partial charge on any atom is -0.494 e. The lowest BCUT2D eigenvalue weighted by Crippen LogP contribution is -2.09. The SMILES string of the molecule is CCCOc1ccc(C(O)COc2ccc(F)cc2)cc1. The van der Waals surface area contributed by atoms with E-state index in [1.54, 1.807) is 0 Å². The van der Waals surface area contributed by atoms with E-state index < -0.39 is 6.10 Å². The second-order valence-corrected chi connectivity index (χ2v) is 4.70. The van der Waals surface area contributed by atoms with Gasteiger partial charge in [-0.05, 0) is 48.4 Å². The molecular formula is C17H19FO3. The van der Waals surface area contributed by atoms with E-state index in [1.165, 1.54) is 24.3 Å². The number of ether oxygens (including phenoxy) is 2. The van der Waals surface area contributed by atoms with Gasteiger partial charge in [0.1, 0.15) is 30.0 Å². The van der Waals surface area contributed by atoms with E-state index in [-0.39, 0.29) is 12.4 Å². The van der Waals surface area contributed by atoms with E-state index in [1.807, 2.05) is 31.2 Å². The summed E-state index contributed by atoms with van der Waals surface area (Å²) in [5.74, 6) is 0.996. The van der Waals surface area contributed by atoms with Crippen molar-refractivity contribution >= 4 is 0 Å². The fraction of sp³-hybridized carbons (Fsp3) is 0.294. The predicted octanol–water partition coefficient (Wildman–Crippen LogP) is 3.73. The molecule has 0 fully saturated rings. The molecule has 0 saturated carbocycles. The summed E-state index contributed by atoms with van der Waals surface area (Å²) in [5.41, 5.74) is 0.751. The van der Waals surface area contributed by atoms with Crippen molar-refractivity contribution in [1.29, 1.82) is 0 Å². The molecule has 3 nitrogen and oxygen atoms in total. The van der Waals surface area contributed by atoms with E-state index in [0.717, 1.165) is 17.7 Å². The van der Waals surface area contributed by atoms with Crippen molar-refractivity contribution in [3.05, 3.63) is 59.9 Å². The average molecular weight is 290 g/mol. The van der Waals surface area contributed by atoms with E-state index in [4.69, 9.17) is 9.47 Å². The number of hydrogen-bond acceptors (Lipinski definition) is 3. The van der Waals surface area contributed by atoms with Crippen LogP contribution in [0.15, 0.2) is 48.5 Å². The molecule has 2 aromatic carbocycles. The minimum atomic E-state index is -0.740. The lowest BCUT2D eigenvalue weighted by Gasteiger charge is -2.13. The largest absolute Gasteiger partial charge is 0.494 e. The van der Waals surface area contributed by atoms with Crippen LogP contribution < -0.4 is 9.47 Å². The summed E-state index contributed by atoms with van der Waals surface area (Å²) in [6.45, 7) is 2.83. The monoisotopic (exact) mass is 290 g/mol. The quantitative estimate of drug-likeness (QED) is 0.844. The molecule has 4 heteroatoms. The molecular weight excluding hydrogens is 271 g/mol. The molecule has 21 heavy (non-hydrogen) atoms. The highest BCUT2D eigenvalue weighted by atomic mass is 19.1. The van der Waals surface area contributed by atoms with Gasteiger partial charge in [0.15, 0.2) is 0 Å². The Morgan fingerprint density at radius 3 is 2.14 bits per heavy atom. The van der Waals surface area contributed by atoms with Gasteiger partial charge < -0.3 is 14.6 Å². The molecule has 0 aliphatic rings. The molecule has 1 N–H and O–H groups in total. The first-order chi connectivity index (χ1) is 10.2. The zero-order chi connectivity index (χ0) is 15.1. The molecule has 0 amide bonds. The highest BCUT2D eigenvalue weighted by molar-refractivity contribution is 5.29. The maximum Gasteiger partial charge on any atom is 0.123 e. The van der Waals surface area contributed by atoms with E-state index in [9.17, 15) is 9.50 Å². The summed E-state index contributed by atoms with van der Waals surface area (Å²) in [5, 5.41) is 10.1. The van der Waals surface area contributed by atoms with Crippen LogP contribution in [0.4, 0.5) is 4.39 Å². The van der Waals surface area contributed by atoms with Crippen LogP contribution in [0.5, 0.6) is 11.5 Å². The maximum atomic E-state index is 12.8. The molecule has 0 aliphatic heterocycles. The number of hydrogen-bond donors (Lipinski definition) is 1. The topological polar surface area (TPSA) is 38.7 Å². The molecule has 0 saturated heterocycles. The van der Waals surface area contributed by atoms with Crippen LogP contribution in [0.1, 0.15) is 25.0 Å². The highest BCUT2D eigenvalue weighted by Gasteiger charge is 2.09. The normalized spacial score (nSPS) is 12.0. The van der Waals surface area contributed by atoms with Crippen LogP contribution >= 0.6 is 0 Å². The number of aliphatic hydroxyl groups is 1. The van der Waals surface area contributed by atoms with Crippen LogP contribution in [-0.2, 0) is 0 Å². The second-order valence-electron chi connectivity index (χ2n) is 4.70. The molecule has 0 radical (unpaired) electrons. The summed E-state index contributed by atoms with van der Waals surface area (Å²) >= 11 is 0. The van der Waals surface area contributed by atoms with Crippen LogP contribution in [0.3, 0.4) is 0 Å². The highest BCUT2D eigenvalue weighted by Crippen LogP contribution is 2.20. The van der Waals surface area contributed by atoms with Gasteiger partial charge in [0.25, 0.3) is 0 Å². The lowest BCUT2D eigenvalue weighted by atomic mass is 10.1. The van der Waals surface area contributed by atoms with Crippen molar-refractivity contribution in [1.82, 2.24) is 0 Å². The van der Waals surface area contributed by atoms with Gasteiger partial charge in [0.05, 0.1) is 6.61 Å². The van der Waals surface area contributed by atoms with Crippen molar-refractivity contribution in [2.24, 2.45) is 0 Å². The molecule has 112 valence electrons. The van der Waals surface area contributed by atoms with Crippen LogP contribution in [0, 0.1) is 5.82 Å². The fourth-order valence-electron chi connectivity index (χ4n) is 1.81. The molecule has 0 aromatic heterocycles. The smallest absolute Gasteiger partial charge is 0.123 e. The van der Waals surface area contributed by atoms with Gasteiger partial charge in [-0.1, -0.05) is 19.1 Å². The third kappa shape index (κ3) is 4.76.